The summed E-state index contributed by atoms with van der Waals surface area (Å²) in [7, 11) is 0. The summed E-state index contributed by atoms with van der Waals surface area (Å²) >= 11 is 0. The van der Waals surface area contributed by atoms with E-state index in [0.717, 1.165) is 32.1 Å². The molecular formula is C17H23NO5. The highest BCUT2D eigenvalue weighted by Crippen LogP contribution is 2.24. The van der Waals surface area contributed by atoms with Crippen LogP contribution in [0.2, 0.25) is 0 Å². The summed E-state index contributed by atoms with van der Waals surface area (Å²) in [5.74, 6) is -1.05. The van der Waals surface area contributed by atoms with Gasteiger partial charge in [-0.1, -0.05) is 19.3 Å². The molecule has 1 fully saturated rings. The van der Waals surface area contributed by atoms with Crippen LogP contribution in [0.4, 0.5) is 0 Å². The number of carbonyl (C=O) groups is 3. The SMILES string of the molecule is CCOC(=O)CC(NC(=O)C1CCCCC1)C(=O)c1ccco1. The van der Waals surface area contributed by atoms with Crippen molar-refractivity contribution in [1.82, 2.24) is 5.32 Å². The van der Waals surface area contributed by atoms with Gasteiger partial charge >= 0.3 is 5.97 Å². The summed E-state index contributed by atoms with van der Waals surface area (Å²) in [6.07, 6.45) is 6.03. The van der Waals surface area contributed by atoms with Crippen LogP contribution in [0.3, 0.4) is 0 Å². The van der Waals surface area contributed by atoms with Gasteiger partial charge in [0.25, 0.3) is 0 Å². The minimum absolute atomic E-state index is 0.0853. The summed E-state index contributed by atoms with van der Waals surface area (Å²) in [5, 5.41) is 2.71. The van der Waals surface area contributed by atoms with Crippen LogP contribution in [0.25, 0.3) is 0 Å². The molecule has 126 valence electrons. The Morgan fingerprint density at radius 1 is 1.30 bits per heavy atom. The number of nitrogens with one attached hydrogen (secondary N) is 1. The molecule has 2 rings (SSSR count). The first kappa shape index (κ1) is 17.2. The van der Waals surface area contributed by atoms with Gasteiger partial charge in [-0.05, 0) is 31.9 Å². The van der Waals surface area contributed by atoms with Gasteiger partial charge in [0.2, 0.25) is 11.7 Å². The molecule has 1 saturated carbocycles. The lowest BCUT2D eigenvalue weighted by Crippen LogP contribution is -2.45. The number of rotatable bonds is 7. The fourth-order valence-corrected chi connectivity index (χ4v) is 2.84. The first-order chi connectivity index (χ1) is 11.1. The molecule has 6 heteroatoms. The summed E-state index contributed by atoms with van der Waals surface area (Å²) in [4.78, 5) is 36.6. The topological polar surface area (TPSA) is 85.6 Å². The minimum Gasteiger partial charge on any atom is -0.466 e. The molecule has 1 atom stereocenters. The number of Topliss-reactive ketones (excluding diaryl/α,β-unsaturated/α-hetero) is 1. The van der Waals surface area contributed by atoms with Crippen LogP contribution in [0.5, 0.6) is 0 Å². The number of hydrogen-bond acceptors (Lipinski definition) is 5. The van der Waals surface area contributed by atoms with E-state index in [1.807, 2.05) is 0 Å². The second-order valence-electron chi connectivity index (χ2n) is 5.75. The number of furan rings is 1. The summed E-state index contributed by atoms with van der Waals surface area (Å²) < 4.78 is 9.99. The van der Waals surface area contributed by atoms with Crippen molar-refractivity contribution in [2.24, 2.45) is 5.92 Å². The van der Waals surface area contributed by atoms with Gasteiger partial charge in [-0.3, -0.25) is 14.4 Å². The fourth-order valence-electron chi connectivity index (χ4n) is 2.84. The van der Waals surface area contributed by atoms with E-state index in [4.69, 9.17) is 9.15 Å². The highest BCUT2D eigenvalue weighted by atomic mass is 16.5. The van der Waals surface area contributed by atoms with Gasteiger partial charge in [0.05, 0.1) is 19.3 Å². The van der Waals surface area contributed by atoms with Gasteiger partial charge in [0.1, 0.15) is 6.04 Å². The average molecular weight is 321 g/mol. The van der Waals surface area contributed by atoms with Crippen molar-refractivity contribution in [3.63, 3.8) is 0 Å². The summed E-state index contributed by atoms with van der Waals surface area (Å²) in [6.45, 7) is 1.93. The Labute approximate surface area is 135 Å². The molecule has 1 aromatic rings. The predicted octanol–water partition coefficient (Wildman–Crippen LogP) is 2.48. The number of ketones is 1. The van der Waals surface area contributed by atoms with Crippen LogP contribution in [-0.4, -0.2) is 30.3 Å². The molecule has 6 nitrogen and oxygen atoms in total. The molecule has 0 spiro atoms. The molecule has 0 aromatic carbocycles. The first-order valence-corrected chi connectivity index (χ1v) is 8.15. The van der Waals surface area contributed by atoms with Crippen molar-refractivity contribution in [3.05, 3.63) is 24.2 Å². The molecule has 1 heterocycles. The highest BCUT2D eigenvalue weighted by Gasteiger charge is 2.30. The van der Waals surface area contributed by atoms with Crippen LogP contribution >= 0.6 is 0 Å². The van der Waals surface area contributed by atoms with Gasteiger partial charge < -0.3 is 14.5 Å². The van der Waals surface area contributed by atoms with E-state index >= 15 is 0 Å². The number of carbonyl (C=O) groups excluding carboxylic acids is 3. The van der Waals surface area contributed by atoms with Crippen molar-refractivity contribution in [2.75, 3.05) is 6.61 Å². The maximum absolute atomic E-state index is 12.4. The van der Waals surface area contributed by atoms with Gasteiger partial charge in [-0.25, -0.2) is 0 Å². The molecule has 1 amide bonds. The fraction of sp³-hybridized carbons (Fsp3) is 0.588. The van der Waals surface area contributed by atoms with E-state index in [1.54, 1.807) is 13.0 Å². The highest BCUT2D eigenvalue weighted by molar-refractivity contribution is 6.01. The van der Waals surface area contributed by atoms with Crippen LogP contribution in [0.1, 0.15) is 56.0 Å². The molecule has 0 aliphatic heterocycles. The second kappa shape index (κ2) is 8.50. The zero-order valence-electron chi connectivity index (χ0n) is 13.4. The molecular weight excluding hydrogens is 298 g/mol. The monoisotopic (exact) mass is 321 g/mol. The average Bonchev–Trinajstić information content (AvgIpc) is 3.09. The van der Waals surface area contributed by atoms with Crippen molar-refractivity contribution >= 4 is 17.7 Å². The third-order valence-electron chi connectivity index (χ3n) is 4.05. The molecule has 1 unspecified atom stereocenters. The first-order valence-electron chi connectivity index (χ1n) is 8.15. The molecule has 23 heavy (non-hydrogen) atoms. The van der Waals surface area contributed by atoms with E-state index in [1.165, 1.54) is 12.3 Å². The van der Waals surface area contributed by atoms with E-state index in [9.17, 15) is 14.4 Å². The lowest BCUT2D eigenvalue weighted by Gasteiger charge is -2.23. The van der Waals surface area contributed by atoms with Crippen LogP contribution in [0, 0.1) is 5.92 Å². The van der Waals surface area contributed by atoms with Gasteiger partial charge in [-0.15, -0.1) is 0 Å². The Morgan fingerprint density at radius 3 is 2.65 bits per heavy atom. The largest absolute Gasteiger partial charge is 0.466 e. The van der Waals surface area contributed by atoms with E-state index in [2.05, 4.69) is 5.32 Å². The quantitative estimate of drug-likeness (QED) is 0.616. The van der Waals surface area contributed by atoms with Gasteiger partial charge in [0.15, 0.2) is 5.76 Å². The van der Waals surface area contributed by atoms with Gasteiger partial charge in [0, 0.05) is 5.92 Å². The number of amides is 1. The zero-order valence-corrected chi connectivity index (χ0v) is 13.4. The third kappa shape index (κ3) is 4.94. The lowest BCUT2D eigenvalue weighted by molar-refractivity contribution is -0.143. The smallest absolute Gasteiger partial charge is 0.308 e. The zero-order chi connectivity index (χ0) is 16.7. The van der Waals surface area contributed by atoms with E-state index in [0.29, 0.717) is 0 Å². The Morgan fingerprint density at radius 2 is 2.04 bits per heavy atom. The molecule has 0 saturated heterocycles. The van der Waals surface area contributed by atoms with Crippen molar-refractivity contribution in [1.29, 1.82) is 0 Å². The molecule has 1 aliphatic rings. The Bertz CT molecular complexity index is 531. The Hall–Kier alpha value is -2.11. The number of esters is 1. The maximum atomic E-state index is 12.4. The molecule has 0 radical (unpaired) electrons. The Balaban J connectivity index is 2.04. The molecule has 1 aliphatic carbocycles. The van der Waals surface area contributed by atoms with E-state index < -0.39 is 17.8 Å². The minimum atomic E-state index is -0.949. The summed E-state index contributed by atoms with van der Waals surface area (Å²) in [6, 6.07) is 2.17. The van der Waals surface area contributed by atoms with Crippen molar-refractivity contribution < 1.29 is 23.5 Å². The Kier molecular flexibility index (Phi) is 6.38. The maximum Gasteiger partial charge on any atom is 0.308 e. The van der Waals surface area contributed by atoms with Gasteiger partial charge in [-0.2, -0.15) is 0 Å². The predicted molar refractivity (Wildman–Crippen MR) is 82.8 cm³/mol. The number of ether oxygens (including phenoxy) is 1. The third-order valence-corrected chi connectivity index (χ3v) is 4.05. The van der Waals surface area contributed by atoms with Crippen LogP contribution in [-0.2, 0) is 14.3 Å². The normalized spacial score (nSPS) is 16.6. The second-order valence-corrected chi connectivity index (χ2v) is 5.75. The van der Waals surface area contributed by atoms with Crippen molar-refractivity contribution in [2.45, 2.75) is 51.5 Å². The van der Waals surface area contributed by atoms with E-state index in [-0.39, 0.29) is 30.6 Å². The number of hydrogen-bond donors (Lipinski definition) is 1. The van der Waals surface area contributed by atoms with Crippen LogP contribution < -0.4 is 5.32 Å². The standard InChI is InChI=1S/C17H23NO5/c1-2-22-15(19)11-13(16(20)14-9-6-10-23-14)18-17(21)12-7-4-3-5-8-12/h6,9-10,12-13H,2-5,7-8,11H2,1H3,(H,18,21). The summed E-state index contributed by atoms with van der Waals surface area (Å²) in [5.41, 5.74) is 0. The molecule has 1 aromatic heterocycles. The molecule has 0 bridgehead atoms. The molecule has 1 N–H and O–H groups in total. The van der Waals surface area contributed by atoms with Crippen molar-refractivity contribution in [3.8, 4) is 0 Å². The van der Waals surface area contributed by atoms with Crippen LogP contribution in [0.15, 0.2) is 22.8 Å². The lowest BCUT2D eigenvalue weighted by atomic mass is 9.88.